The summed E-state index contributed by atoms with van der Waals surface area (Å²) >= 11 is 0. The molecule has 0 fully saturated rings. The van der Waals surface area contributed by atoms with E-state index in [-0.39, 0.29) is 13.2 Å². The average molecular weight is 415 g/mol. The van der Waals surface area contributed by atoms with Crippen LogP contribution in [-0.4, -0.2) is 23.4 Å². The quantitative estimate of drug-likeness (QED) is 0.407. The Hall–Kier alpha value is -3.34. The van der Waals surface area contributed by atoms with Gasteiger partial charge in [-0.3, -0.25) is 0 Å². The zero-order valence-electron chi connectivity index (χ0n) is 17.4. The van der Waals surface area contributed by atoms with Crippen LogP contribution in [0.1, 0.15) is 28.9 Å². The molecule has 2 N–H and O–H groups in total. The van der Waals surface area contributed by atoms with Gasteiger partial charge in [0.05, 0.1) is 0 Å². The van der Waals surface area contributed by atoms with Crippen molar-refractivity contribution in [1.29, 1.82) is 0 Å². The fourth-order valence-corrected chi connectivity index (χ4v) is 3.55. The maximum absolute atomic E-state index is 10.4. The summed E-state index contributed by atoms with van der Waals surface area (Å²) in [7, 11) is 0. The highest BCUT2D eigenvalue weighted by Gasteiger charge is 2.13. The summed E-state index contributed by atoms with van der Waals surface area (Å²) in [6, 6.07) is 28.7. The lowest BCUT2D eigenvalue weighted by Gasteiger charge is -2.17. The summed E-state index contributed by atoms with van der Waals surface area (Å²) in [5, 5.41) is 22.7. The third kappa shape index (κ3) is 5.05. The number of hydrogen-bond donors (Lipinski definition) is 2. The van der Waals surface area contributed by atoms with Gasteiger partial charge in [-0.1, -0.05) is 72.8 Å². The van der Waals surface area contributed by atoms with Gasteiger partial charge in [0.1, 0.15) is 36.9 Å². The molecule has 0 saturated carbocycles. The third-order valence-electron chi connectivity index (χ3n) is 5.30. The second-order valence-electron chi connectivity index (χ2n) is 7.57. The predicted molar refractivity (Wildman–Crippen MR) is 122 cm³/mol. The standard InChI is InChI=1S/C27H26O4/c1-19-12-13-22-16-23(30-17-25(28)20-8-4-2-5-9-20)14-15-24(22)27(19)31-18-26(29)21-10-6-3-7-11-21/h2-16,25-26,28-29H,17-18H2,1H3. The lowest BCUT2D eigenvalue weighted by molar-refractivity contribution is 0.108. The minimum absolute atomic E-state index is 0.172. The monoisotopic (exact) mass is 414 g/mol. The molecule has 0 aromatic heterocycles. The molecule has 4 nitrogen and oxygen atoms in total. The second-order valence-corrected chi connectivity index (χ2v) is 7.57. The van der Waals surface area contributed by atoms with E-state index in [1.807, 2.05) is 97.9 Å². The largest absolute Gasteiger partial charge is 0.491 e. The molecule has 4 heteroatoms. The number of hydrogen-bond acceptors (Lipinski definition) is 4. The number of aryl methyl sites for hydroxylation is 1. The van der Waals surface area contributed by atoms with Crippen LogP contribution in [0.5, 0.6) is 11.5 Å². The summed E-state index contributed by atoms with van der Waals surface area (Å²) in [4.78, 5) is 0. The molecule has 0 heterocycles. The first-order chi connectivity index (χ1) is 15.1. The van der Waals surface area contributed by atoms with Crippen molar-refractivity contribution in [3.8, 4) is 11.5 Å². The van der Waals surface area contributed by atoms with Gasteiger partial charge in [0, 0.05) is 5.39 Å². The Bertz CT molecular complexity index is 1130. The fourth-order valence-electron chi connectivity index (χ4n) is 3.55. The van der Waals surface area contributed by atoms with Crippen molar-refractivity contribution in [3.63, 3.8) is 0 Å². The molecule has 0 aliphatic rings. The second kappa shape index (κ2) is 9.65. The summed E-state index contributed by atoms with van der Waals surface area (Å²) in [6.07, 6.45) is -1.38. The Morgan fingerprint density at radius 2 is 1.26 bits per heavy atom. The third-order valence-corrected chi connectivity index (χ3v) is 5.30. The highest BCUT2D eigenvalue weighted by molar-refractivity contribution is 5.90. The predicted octanol–water partition coefficient (Wildman–Crippen LogP) is 5.37. The number of benzene rings is 4. The number of aliphatic hydroxyl groups is 2. The van der Waals surface area contributed by atoms with Crippen molar-refractivity contribution < 1.29 is 19.7 Å². The molecule has 4 aromatic rings. The van der Waals surface area contributed by atoms with Gasteiger partial charge in [0.25, 0.3) is 0 Å². The minimum atomic E-state index is -0.696. The average Bonchev–Trinajstić information content (AvgIpc) is 2.82. The Morgan fingerprint density at radius 3 is 1.87 bits per heavy atom. The van der Waals surface area contributed by atoms with E-state index in [1.54, 1.807) is 0 Å². The van der Waals surface area contributed by atoms with E-state index < -0.39 is 12.2 Å². The summed E-state index contributed by atoms with van der Waals surface area (Å²) in [5.74, 6) is 1.44. The Morgan fingerprint density at radius 1 is 0.677 bits per heavy atom. The molecule has 0 radical (unpaired) electrons. The number of aliphatic hydroxyl groups excluding tert-OH is 2. The Kier molecular flexibility index (Phi) is 6.51. The molecule has 0 saturated heterocycles. The number of ether oxygens (including phenoxy) is 2. The first kappa shape index (κ1) is 20.9. The highest BCUT2D eigenvalue weighted by atomic mass is 16.5. The fraction of sp³-hybridized carbons (Fsp3) is 0.185. The van der Waals surface area contributed by atoms with E-state index in [2.05, 4.69) is 0 Å². The van der Waals surface area contributed by atoms with E-state index in [0.29, 0.717) is 5.75 Å². The topological polar surface area (TPSA) is 58.9 Å². The minimum Gasteiger partial charge on any atom is -0.491 e. The maximum atomic E-state index is 10.4. The van der Waals surface area contributed by atoms with Crippen molar-refractivity contribution in [3.05, 3.63) is 108 Å². The van der Waals surface area contributed by atoms with E-state index in [1.165, 1.54) is 0 Å². The van der Waals surface area contributed by atoms with Crippen LogP contribution in [0.2, 0.25) is 0 Å². The van der Waals surface area contributed by atoms with Crippen LogP contribution in [0.3, 0.4) is 0 Å². The first-order valence-corrected chi connectivity index (χ1v) is 10.4. The molecular weight excluding hydrogens is 388 g/mol. The molecular formula is C27H26O4. The van der Waals surface area contributed by atoms with E-state index in [4.69, 9.17) is 9.47 Å². The lowest BCUT2D eigenvalue weighted by atomic mass is 10.1. The van der Waals surface area contributed by atoms with Gasteiger partial charge >= 0.3 is 0 Å². The molecule has 0 aliphatic carbocycles. The van der Waals surface area contributed by atoms with Gasteiger partial charge in [-0.15, -0.1) is 0 Å². The van der Waals surface area contributed by atoms with Crippen LogP contribution in [0, 0.1) is 6.92 Å². The van der Waals surface area contributed by atoms with Crippen LogP contribution in [0.15, 0.2) is 91.0 Å². The van der Waals surface area contributed by atoms with Crippen molar-refractivity contribution in [2.24, 2.45) is 0 Å². The molecule has 4 rings (SSSR count). The van der Waals surface area contributed by atoms with Gasteiger partial charge in [-0.25, -0.2) is 0 Å². The molecule has 2 atom stereocenters. The van der Waals surface area contributed by atoms with E-state index in [9.17, 15) is 10.2 Å². The summed E-state index contributed by atoms with van der Waals surface area (Å²) < 4.78 is 11.9. The summed E-state index contributed by atoms with van der Waals surface area (Å²) in [5.41, 5.74) is 2.65. The van der Waals surface area contributed by atoms with Crippen LogP contribution in [0.4, 0.5) is 0 Å². The maximum Gasteiger partial charge on any atom is 0.130 e. The molecule has 158 valence electrons. The van der Waals surface area contributed by atoms with Gasteiger partial charge in [-0.05, 0) is 47.2 Å². The van der Waals surface area contributed by atoms with E-state index >= 15 is 0 Å². The highest BCUT2D eigenvalue weighted by Crippen LogP contribution is 2.33. The zero-order chi connectivity index (χ0) is 21.6. The Labute approximate surface area is 182 Å². The summed E-state index contributed by atoms with van der Waals surface area (Å²) in [6.45, 7) is 2.34. The Balaban J connectivity index is 1.47. The zero-order valence-corrected chi connectivity index (χ0v) is 17.4. The molecule has 2 unspecified atom stereocenters. The molecule has 31 heavy (non-hydrogen) atoms. The van der Waals surface area contributed by atoms with Crippen LogP contribution < -0.4 is 9.47 Å². The van der Waals surface area contributed by atoms with Crippen molar-refractivity contribution in [2.75, 3.05) is 13.2 Å². The molecule has 0 bridgehead atoms. The van der Waals surface area contributed by atoms with Gasteiger partial charge in [0.15, 0.2) is 0 Å². The molecule has 0 aliphatic heterocycles. The smallest absolute Gasteiger partial charge is 0.130 e. The number of rotatable bonds is 8. The van der Waals surface area contributed by atoms with Gasteiger partial charge in [0.2, 0.25) is 0 Å². The van der Waals surface area contributed by atoms with Crippen LogP contribution in [-0.2, 0) is 0 Å². The van der Waals surface area contributed by atoms with Crippen molar-refractivity contribution in [2.45, 2.75) is 19.1 Å². The van der Waals surface area contributed by atoms with Gasteiger partial charge < -0.3 is 19.7 Å². The first-order valence-electron chi connectivity index (χ1n) is 10.4. The normalized spacial score (nSPS) is 13.0. The van der Waals surface area contributed by atoms with Crippen LogP contribution in [0.25, 0.3) is 10.8 Å². The lowest BCUT2D eigenvalue weighted by Crippen LogP contribution is -2.10. The van der Waals surface area contributed by atoms with Crippen LogP contribution >= 0.6 is 0 Å². The molecule has 0 amide bonds. The molecule has 4 aromatic carbocycles. The molecule has 0 spiro atoms. The SMILES string of the molecule is Cc1ccc2cc(OCC(O)c3ccccc3)ccc2c1OCC(O)c1ccccc1. The van der Waals surface area contributed by atoms with Crippen molar-refractivity contribution in [1.82, 2.24) is 0 Å². The van der Waals surface area contributed by atoms with E-state index in [0.717, 1.165) is 33.2 Å². The number of fused-ring (bicyclic) bond motifs is 1. The van der Waals surface area contributed by atoms with Crippen molar-refractivity contribution >= 4 is 10.8 Å². The van der Waals surface area contributed by atoms with Gasteiger partial charge in [-0.2, -0.15) is 0 Å².